The molecule has 3 rings (SSSR count). The minimum atomic E-state index is -4.98. The molecule has 6 nitrogen and oxygen atoms in total. The average molecular weight is 451 g/mol. The van der Waals surface area contributed by atoms with E-state index in [1.165, 1.54) is 12.1 Å². The summed E-state index contributed by atoms with van der Waals surface area (Å²) in [4.78, 5) is -0.813. The molecule has 0 atom stereocenters. The van der Waals surface area contributed by atoms with Gasteiger partial charge in [-0.15, -0.1) is 13.2 Å². The highest BCUT2D eigenvalue weighted by atomic mass is 32.2. The Morgan fingerprint density at radius 2 is 1.77 bits per heavy atom. The van der Waals surface area contributed by atoms with Crippen molar-refractivity contribution >= 4 is 10.0 Å². The maximum absolute atomic E-state index is 14.2. The Bertz CT molecular complexity index is 1190. The van der Waals surface area contributed by atoms with E-state index in [1.54, 1.807) is 0 Å². The van der Waals surface area contributed by atoms with Crippen LogP contribution in [0, 0.1) is 5.82 Å². The van der Waals surface area contributed by atoms with Crippen LogP contribution in [0.2, 0.25) is 0 Å². The second-order valence-corrected chi connectivity index (χ2v) is 7.43. The average Bonchev–Trinajstić information content (AvgIpc) is 3.05. The second kappa shape index (κ2) is 7.65. The summed E-state index contributed by atoms with van der Waals surface area (Å²) in [6, 6.07) is 7.90. The molecule has 0 bridgehead atoms. The van der Waals surface area contributed by atoms with Gasteiger partial charge in [0.1, 0.15) is 22.2 Å². The van der Waals surface area contributed by atoms with Gasteiger partial charge in [-0.05, 0) is 30.3 Å². The molecule has 2 N–H and O–H groups in total. The fourth-order valence-electron chi connectivity index (χ4n) is 2.61. The van der Waals surface area contributed by atoms with E-state index in [2.05, 4.69) is 9.84 Å². The second-order valence-electron chi connectivity index (χ2n) is 5.90. The third-order valence-electron chi connectivity index (χ3n) is 3.78. The van der Waals surface area contributed by atoms with Crippen LogP contribution in [0.4, 0.5) is 26.3 Å². The summed E-state index contributed by atoms with van der Waals surface area (Å²) in [6.07, 6.45) is -8.01. The van der Waals surface area contributed by atoms with E-state index in [-0.39, 0.29) is 16.9 Å². The lowest BCUT2D eigenvalue weighted by molar-refractivity contribution is -0.274. The topological polar surface area (TPSA) is 87.2 Å². The number of primary sulfonamides is 1. The molecule has 0 saturated heterocycles. The maximum Gasteiger partial charge on any atom is 0.573 e. The van der Waals surface area contributed by atoms with Crippen LogP contribution in [-0.2, 0) is 10.0 Å². The summed E-state index contributed by atoms with van der Waals surface area (Å²) in [5, 5.41) is 8.55. The zero-order valence-electron chi connectivity index (χ0n) is 14.6. The number of sulfonamides is 1. The number of hydrogen-bond acceptors (Lipinski definition) is 4. The quantitative estimate of drug-likeness (QED) is 0.590. The Balaban J connectivity index is 2.14. The summed E-state index contributed by atoms with van der Waals surface area (Å²) in [6.45, 7) is 0. The van der Waals surface area contributed by atoms with Crippen molar-refractivity contribution < 1.29 is 39.5 Å². The Kier molecular flexibility index (Phi) is 5.52. The number of hydrogen-bond donors (Lipinski definition) is 1. The third-order valence-corrected chi connectivity index (χ3v) is 4.73. The van der Waals surface area contributed by atoms with Crippen LogP contribution >= 0.6 is 0 Å². The predicted molar refractivity (Wildman–Crippen MR) is 92.0 cm³/mol. The molecule has 1 heterocycles. The van der Waals surface area contributed by atoms with Gasteiger partial charge in [0.05, 0.1) is 11.4 Å². The molecule has 1 aromatic heterocycles. The molecule has 13 heteroatoms. The summed E-state index contributed by atoms with van der Waals surface area (Å²) in [5.74, 6) is -1.87. The number of ether oxygens (including phenoxy) is 1. The highest BCUT2D eigenvalue weighted by Crippen LogP contribution is 2.31. The molecule has 0 fully saturated rings. The lowest BCUT2D eigenvalue weighted by Crippen LogP contribution is -2.17. The van der Waals surface area contributed by atoms with Gasteiger partial charge in [0.15, 0.2) is 0 Å². The fourth-order valence-corrected chi connectivity index (χ4v) is 3.20. The summed E-state index contributed by atoms with van der Waals surface area (Å²) in [7, 11) is -4.37. The Morgan fingerprint density at radius 3 is 2.33 bits per heavy atom. The predicted octanol–water partition coefficient (Wildman–Crippen LogP) is 4.16. The van der Waals surface area contributed by atoms with Crippen LogP contribution in [0.3, 0.4) is 0 Å². The molecule has 0 saturated carbocycles. The number of nitrogens with two attached hydrogens (primary N) is 1. The van der Waals surface area contributed by atoms with E-state index in [0.717, 1.165) is 41.1 Å². The highest BCUT2D eigenvalue weighted by molar-refractivity contribution is 7.89. The first-order valence-corrected chi connectivity index (χ1v) is 9.47. The van der Waals surface area contributed by atoms with Gasteiger partial charge in [-0.3, -0.25) is 0 Å². The minimum absolute atomic E-state index is 0.0681. The number of nitrogens with zero attached hydrogens (tertiary/aromatic N) is 2. The summed E-state index contributed by atoms with van der Waals surface area (Å²) >= 11 is 0. The van der Waals surface area contributed by atoms with E-state index < -0.39 is 45.0 Å². The van der Waals surface area contributed by atoms with Crippen molar-refractivity contribution in [2.45, 2.75) is 17.7 Å². The lowest BCUT2D eigenvalue weighted by atomic mass is 10.1. The van der Waals surface area contributed by atoms with Gasteiger partial charge in [-0.1, -0.05) is 12.1 Å². The molecule has 0 radical (unpaired) electrons. The molecule has 3 aromatic rings. The van der Waals surface area contributed by atoms with Crippen molar-refractivity contribution in [1.29, 1.82) is 0 Å². The van der Waals surface area contributed by atoms with Gasteiger partial charge >= 0.3 is 6.36 Å². The Morgan fingerprint density at radius 1 is 1.07 bits per heavy atom. The van der Waals surface area contributed by atoms with Gasteiger partial charge < -0.3 is 4.74 Å². The molecule has 2 aromatic carbocycles. The summed E-state index contributed by atoms with van der Waals surface area (Å²) < 4.78 is 105. The molecule has 0 aliphatic carbocycles. The lowest BCUT2D eigenvalue weighted by Gasteiger charge is -2.12. The van der Waals surface area contributed by atoms with Crippen molar-refractivity contribution in [2.75, 3.05) is 0 Å². The molecule has 160 valence electrons. The SMILES string of the molecule is NS(=O)(=O)c1ccc(-c2cc(C(F)F)nn2-c2cccc(OC(F)(F)F)c2)cc1F. The number of aromatic nitrogens is 2. The Labute approximate surface area is 165 Å². The highest BCUT2D eigenvalue weighted by Gasteiger charge is 2.31. The van der Waals surface area contributed by atoms with Gasteiger partial charge in [0.2, 0.25) is 10.0 Å². The van der Waals surface area contributed by atoms with Crippen LogP contribution < -0.4 is 9.88 Å². The van der Waals surface area contributed by atoms with Gasteiger partial charge in [0, 0.05) is 11.6 Å². The van der Waals surface area contributed by atoms with Gasteiger partial charge in [-0.2, -0.15) is 5.10 Å². The molecule has 0 aliphatic heterocycles. The van der Waals surface area contributed by atoms with Gasteiger partial charge in [0.25, 0.3) is 6.43 Å². The van der Waals surface area contributed by atoms with Crippen molar-refractivity contribution in [2.24, 2.45) is 5.14 Å². The van der Waals surface area contributed by atoms with E-state index in [0.29, 0.717) is 0 Å². The maximum atomic E-state index is 14.2. The van der Waals surface area contributed by atoms with Crippen molar-refractivity contribution in [3.63, 3.8) is 0 Å². The number of alkyl halides is 5. The monoisotopic (exact) mass is 451 g/mol. The van der Waals surface area contributed by atoms with E-state index in [4.69, 9.17) is 5.14 Å². The first-order chi connectivity index (χ1) is 13.8. The van der Waals surface area contributed by atoms with Crippen LogP contribution in [-0.4, -0.2) is 24.6 Å². The standard InChI is InChI=1S/C17H11F6N3O3S/c18-12-6-9(4-5-15(12)30(24,27)28)14-8-13(16(19)20)25-26(14)10-2-1-3-11(7-10)29-17(21,22)23/h1-8,16H,(H2,24,27,28). The van der Waals surface area contributed by atoms with Crippen LogP contribution in [0.15, 0.2) is 53.4 Å². The van der Waals surface area contributed by atoms with Crippen LogP contribution in [0.5, 0.6) is 5.75 Å². The zero-order chi connectivity index (χ0) is 22.3. The molecular weight excluding hydrogens is 440 g/mol. The Hall–Kier alpha value is -3.06. The molecule has 0 amide bonds. The van der Waals surface area contributed by atoms with E-state index in [1.807, 2.05) is 0 Å². The smallest absolute Gasteiger partial charge is 0.406 e. The largest absolute Gasteiger partial charge is 0.573 e. The van der Waals surface area contributed by atoms with Crippen LogP contribution in [0.1, 0.15) is 12.1 Å². The molecule has 0 spiro atoms. The van der Waals surface area contributed by atoms with Gasteiger partial charge in [-0.25, -0.2) is 31.4 Å². The number of rotatable bonds is 5. The number of halogens is 6. The zero-order valence-corrected chi connectivity index (χ0v) is 15.4. The number of benzene rings is 2. The van der Waals surface area contributed by atoms with Crippen molar-refractivity contribution in [1.82, 2.24) is 9.78 Å². The van der Waals surface area contributed by atoms with E-state index >= 15 is 0 Å². The normalized spacial score (nSPS) is 12.4. The summed E-state index contributed by atoms with van der Waals surface area (Å²) in [5.41, 5.74) is -1.02. The van der Waals surface area contributed by atoms with Crippen LogP contribution in [0.25, 0.3) is 16.9 Å². The molecule has 0 aliphatic rings. The first kappa shape index (κ1) is 21.6. The van der Waals surface area contributed by atoms with Crippen molar-refractivity contribution in [3.05, 3.63) is 60.0 Å². The fraction of sp³-hybridized carbons (Fsp3) is 0.118. The minimum Gasteiger partial charge on any atom is -0.406 e. The third kappa shape index (κ3) is 4.74. The molecule has 0 unspecified atom stereocenters. The first-order valence-electron chi connectivity index (χ1n) is 7.92. The van der Waals surface area contributed by atoms with E-state index in [9.17, 15) is 34.8 Å². The molecule has 30 heavy (non-hydrogen) atoms. The van der Waals surface area contributed by atoms with Crippen molar-refractivity contribution in [3.8, 4) is 22.7 Å². The molecular formula is C17H11F6N3O3S.